The van der Waals surface area contributed by atoms with Gasteiger partial charge in [-0.15, -0.1) is 5.10 Å². The standard InChI is InChI=1S/C20H28N4O2S/c1-14-7-6-10-17(15(14)2)21-18(25)13-27-20-23-22-19(26)24(20)12-11-16-8-4-3-5-9-16/h3-5,8-9,14-15,17H,6-7,10-13H2,1-2H3,(H,21,25)(H,22,26)/t14-,15-,17-/m1/s1. The zero-order chi connectivity index (χ0) is 19.2. The molecule has 1 aliphatic carbocycles. The fourth-order valence-corrected chi connectivity index (χ4v) is 4.44. The molecule has 1 aromatic carbocycles. The van der Waals surface area contributed by atoms with Crippen LogP contribution in [0.2, 0.25) is 0 Å². The van der Waals surface area contributed by atoms with Gasteiger partial charge in [-0.1, -0.05) is 68.8 Å². The van der Waals surface area contributed by atoms with Crippen LogP contribution in [0.1, 0.15) is 38.7 Å². The number of H-pyrrole nitrogens is 1. The van der Waals surface area contributed by atoms with Gasteiger partial charge in [-0.2, -0.15) is 0 Å². The highest BCUT2D eigenvalue weighted by molar-refractivity contribution is 7.99. The molecule has 0 aliphatic heterocycles. The van der Waals surface area contributed by atoms with Crippen molar-refractivity contribution in [2.75, 3.05) is 5.75 Å². The summed E-state index contributed by atoms with van der Waals surface area (Å²) in [7, 11) is 0. The number of nitrogens with one attached hydrogen (secondary N) is 2. The van der Waals surface area contributed by atoms with Crippen molar-refractivity contribution >= 4 is 17.7 Å². The average molecular weight is 389 g/mol. The Morgan fingerprint density at radius 3 is 2.85 bits per heavy atom. The third kappa shape index (κ3) is 5.25. The molecule has 0 spiro atoms. The number of benzene rings is 1. The molecule has 0 saturated heterocycles. The molecule has 3 rings (SSSR count). The van der Waals surface area contributed by atoms with Gasteiger partial charge in [0.25, 0.3) is 0 Å². The van der Waals surface area contributed by atoms with Crippen molar-refractivity contribution in [1.82, 2.24) is 20.1 Å². The Kier molecular flexibility index (Phi) is 6.77. The Hall–Kier alpha value is -2.02. The first kappa shape index (κ1) is 19.7. The van der Waals surface area contributed by atoms with Crippen molar-refractivity contribution < 1.29 is 4.79 Å². The summed E-state index contributed by atoms with van der Waals surface area (Å²) in [6.07, 6.45) is 4.20. The van der Waals surface area contributed by atoms with Gasteiger partial charge in [0.2, 0.25) is 5.91 Å². The smallest absolute Gasteiger partial charge is 0.343 e. The first-order valence-corrected chi connectivity index (χ1v) is 10.6. The third-order valence-corrected chi connectivity index (χ3v) is 6.55. The quantitative estimate of drug-likeness (QED) is 0.715. The average Bonchev–Trinajstić information content (AvgIpc) is 3.02. The first-order valence-electron chi connectivity index (χ1n) is 9.66. The van der Waals surface area contributed by atoms with Crippen LogP contribution in [0.3, 0.4) is 0 Å². The van der Waals surface area contributed by atoms with Gasteiger partial charge >= 0.3 is 5.69 Å². The van der Waals surface area contributed by atoms with E-state index in [1.165, 1.54) is 30.2 Å². The monoisotopic (exact) mass is 388 g/mol. The second kappa shape index (κ2) is 9.26. The minimum absolute atomic E-state index is 0.0102. The van der Waals surface area contributed by atoms with Gasteiger partial charge < -0.3 is 5.32 Å². The lowest BCUT2D eigenvalue weighted by Gasteiger charge is -2.34. The van der Waals surface area contributed by atoms with Crippen molar-refractivity contribution in [2.24, 2.45) is 11.8 Å². The zero-order valence-electron chi connectivity index (χ0n) is 16.0. The predicted octanol–water partition coefficient (Wildman–Crippen LogP) is 2.85. The maximum atomic E-state index is 12.4. The van der Waals surface area contributed by atoms with Gasteiger partial charge in [-0.25, -0.2) is 9.89 Å². The summed E-state index contributed by atoms with van der Waals surface area (Å²) < 4.78 is 1.61. The second-order valence-corrected chi connectivity index (χ2v) is 8.37. The summed E-state index contributed by atoms with van der Waals surface area (Å²) in [5.74, 6) is 1.43. The van der Waals surface area contributed by atoms with E-state index in [1.54, 1.807) is 4.57 Å². The van der Waals surface area contributed by atoms with E-state index in [9.17, 15) is 9.59 Å². The number of rotatable bonds is 7. The highest BCUT2D eigenvalue weighted by atomic mass is 32.2. The normalized spacial score (nSPS) is 22.5. The third-order valence-electron chi connectivity index (χ3n) is 5.58. The summed E-state index contributed by atoms with van der Waals surface area (Å²) in [5.41, 5.74) is 0.934. The van der Waals surface area contributed by atoms with E-state index < -0.39 is 0 Å². The predicted molar refractivity (Wildman–Crippen MR) is 108 cm³/mol. The molecule has 3 atom stereocenters. The molecule has 2 aromatic rings. The number of carbonyl (C=O) groups excluding carboxylic acids is 1. The molecule has 146 valence electrons. The fourth-order valence-electron chi connectivity index (χ4n) is 3.66. The molecule has 1 aliphatic rings. The van der Waals surface area contributed by atoms with Crippen LogP contribution in [-0.2, 0) is 17.8 Å². The Labute approximate surface area is 164 Å². The second-order valence-electron chi connectivity index (χ2n) is 7.43. The van der Waals surface area contributed by atoms with Crippen LogP contribution in [-0.4, -0.2) is 32.5 Å². The molecule has 1 fully saturated rings. The topological polar surface area (TPSA) is 79.8 Å². The van der Waals surface area contributed by atoms with Crippen LogP contribution < -0.4 is 11.0 Å². The number of hydrogen-bond acceptors (Lipinski definition) is 4. The number of aromatic nitrogens is 3. The summed E-state index contributed by atoms with van der Waals surface area (Å²) in [5, 5.41) is 10.3. The van der Waals surface area contributed by atoms with Crippen molar-refractivity contribution in [3.05, 3.63) is 46.4 Å². The molecule has 27 heavy (non-hydrogen) atoms. The van der Waals surface area contributed by atoms with Gasteiger partial charge in [0.1, 0.15) is 0 Å². The minimum Gasteiger partial charge on any atom is -0.352 e. The van der Waals surface area contributed by atoms with Crippen molar-refractivity contribution in [1.29, 1.82) is 0 Å². The molecule has 0 unspecified atom stereocenters. The number of amides is 1. The Morgan fingerprint density at radius 2 is 2.07 bits per heavy atom. The molecule has 1 heterocycles. The van der Waals surface area contributed by atoms with E-state index in [1.807, 2.05) is 30.3 Å². The van der Waals surface area contributed by atoms with Crippen LogP contribution in [0.25, 0.3) is 0 Å². The number of carbonyl (C=O) groups is 1. The van der Waals surface area contributed by atoms with E-state index in [4.69, 9.17) is 0 Å². The minimum atomic E-state index is -0.233. The van der Waals surface area contributed by atoms with Crippen LogP contribution in [0.5, 0.6) is 0 Å². The van der Waals surface area contributed by atoms with Crippen molar-refractivity contribution in [3.63, 3.8) is 0 Å². The highest BCUT2D eigenvalue weighted by Gasteiger charge is 2.28. The fraction of sp³-hybridized carbons (Fsp3) is 0.550. The van der Waals surface area contributed by atoms with Crippen LogP contribution >= 0.6 is 11.8 Å². The largest absolute Gasteiger partial charge is 0.352 e. The molecule has 1 aromatic heterocycles. The molecule has 2 N–H and O–H groups in total. The van der Waals surface area contributed by atoms with Gasteiger partial charge in [-0.05, 0) is 30.2 Å². The van der Waals surface area contributed by atoms with Crippen molar-refractivity contribution in [2.45, 2.75) is 57.3 Å². The van der Waals surface area contributed by atoms with Crippen molar-refractivity contribution in [3.8, 4) is 0 Å². The van der Waals surface area contributed by atoms with E-state index in [2.05, 4.69) is 29.4 Å². The Morgan fingerprint density at radius 1 is 1.30 bits per heavy atom. The summed E-state index contributed by atoms with van der Waals surface area (Å²) in [6, 6.07) is 10.3. The molecule has 6 nitrogen and oxygen atoms in total. The molecular formula is C20H28N4O2S. The van der Waals surface area contributed by atoms with E-state index in [0.29, 0.717) is 23.5 Å². The zero-order valence-corrected chi connectivity index (χ0v) is 16.8. The maximum absolute atomic E-state index is 12.4. The van der Waals surface area contributed by atoms with E-state index >= 15 is 0 Å². The van der Waals surface area contributed by atoms with Gasteiger partial charge in [0, 0.05) is 12.6 Å². The Bertz CT molecular complexity index is 802. The molecule has 0 bridgehead atoms. The van der Waals surface area contributed by atoms with Crippen LogP contribution in [0.15, 0.2) is 40.3 Å². The summed E-state index contributed by atoms with van der Waals surface area (Å²) >= 11 is 1.31. The highest BCUT2D eigenvalue weighted by Crippen LogP contribution is 2.29. The number of thioether (sulfide) groups is 1. The Balaban J connectivity index is 1.53. The van der Waals surface area contributed by atoms with Crippen LogP contribution in [0, 0.1) is 11.8 Å². The SMILES string of the molecule is C[C@@H]1[C@H](C)CCC[C@H]1NC(=O)CSc1n[nH]c(=O)n1CCc1ccccc1. The van der Waals surface area contributed by atoms with E-state index in [0.717, 1.165) is 12.8 Å². The first-order chi connectivity index (χ1) is 13.0. The van der Waals surface area contributed by atoms with Crippen LogP contribution in [0.4, 0.5) is 0 Å². The summed E-state index contributed by atoms with van der Waals surface area (Å²) in [6.45, 7) is 5.02. The number of nitrogens with zero attached hydrogens (tertiary/aromatic N) is 2. The van der Waals surface area contributed by atoms with E-state index in [-0.39, 0.29) is 23.4 Å². The molecule has 7 heteroatoms. The molecule has 1 amide bonds. The number of aryl methyl sites for hydroxylation is 1. The number of hydrogen-bond donors (Lipinski definition) is 2. The lowest BCUT2D eigenvalue weighted by molar-refractivity contribution is -0.120. The van der Waals surface area contributed by atoms with Gasteiger partial charge in [0.05, 0.1) is 5.75 Å². The van der Waals surface area contributed by atoms with Gasteiger partial charge in [0.15, 0.2) is 5.16 Å². The molecule has 1 saturated carbocycles. The summed E-state index contributed by atoms with van der Waals surface area (Å²) in [4.78, 5) is 24.4. The maximum Gasteiger partial charge on any atom is 0.343 e. The number of aromatic amines is 1. The van der Waals surface area contributed by atoms with Gasteiger partial charge in [-0.3, -0.25) is 9.36 Å². The lowest BCUT2D eigenvalue weighted by atomic mass is 9.78. The molecule has 0 radical (unpaired) electrons. The molecular weight excluding hydrogens is 360 g/mol. The lowest BCUT2D eigenvalue weighted by Crippen LogP contribution is -2.44.